The third kappa shape index (κ3) is 2.02. The highest BCUT2D eigenvalue weighted by molar-refractivity contribution is 6.27. The first-order valence-electron chi connectivity index (χ1n) is 8.50. The van der Waals surface area contributed by atoms with Gasteiger partial charge in [-0.15, -0.1) is 0 Å². The molecule has 1 unspecified atom stereocenters. The van der Waals surface area contributed by atoms with E-state index in [4.69, 9.17) is 4.74 Å². The van der Waals surface area contributed by atoms with Crippen LogP contribution in [0.15, 0.2) is 34.1 Å². The van der Waals surface area contributed by atoms with Crippen LogP contribution < -0.4 is 0 Å². The van der Waals surface area contributed by atoms with E-state index >= 15 is 0 Å². The number of fused-ring (bicyclic) bond motifs is 2. The van der Waals surface area contributed by atoms with Gasteiger partial charge in [-0.05, 0) is 30.3 Å². The van der Waals surface area contributed by atoms with E-state index in [0.29, 0.717) is 16.7 Å². The number of ether oxygens (including phenoxy) is 1. The van der Waals surface area contributed by atoms with Crippen molar-refractivity contribution in [2.24, 2.45) is 16.7 Å². The molecule has 124 valence electrons. The molecule has 0 spiro atoms. The zero-order valence-corrected chi connectivity index (χ0v) is 15.0. The molecular formula is C20H26O3. The Balaban J connectivity index is 2.20. The highest BCUT2D eigenvalue weighted by atomic mass is 16.5. The molecule has 0 amide bonds. The highest BCUT2D eigenvalue weighted by Gasteiger charge is 2.53. The van der Waals surface area contributed by atoms with Gasteiger partial charge in [0.1, 0.15) is 0 Å². The fraction of sp³-hybridized carbons (Fsp3) is 0.600. The second-order valence-electron chi connectivity index (χ2n) is 8.18. The minimum Gasteiger partial charge on any atom is -0.492 e. The van der Waals surface area contributed by atoms with Crippen LogP contribution in [0.5, 0.6) is 0 Å². The molecule has 0 saturated heterocycles. The summed E-state index contributed by atoms with van der Waals surface area (Å²) in [7, 11) is 1.49. The molecule has 0 heterocycles. The van der Waals surface area contributed by atoms with E-state index in [9.17, 15) is 9.59 Å². The number of Topliss-reactive ketones (excluding diaryl/α,β-unsaturated/α-hetero) is 2. The number of rotatable bonds is 2. The van der Waals surface area contributed by atoms with Gasteiger partial charge in [-0.25, -0.2) is 0 Å². The topological polar surface area (TPSA) is 43.4 Å². The van der Waals surface area contributed by atoms with Crippen molar-refractivity contribution in [2.75, 3.05) is 7.11 Å². The van der Waals surface area contributed by atoms with Gasteiger partial charge >= 0.3 is 0 Å². The Morgan fingerprint density at radius 3 is 2.30 bits per heavy atom. The van der Waals surface area contributed by atoms with Gasteiger partial charge in [0.25, 0.3) is 0 Å². The third-order valence-corrected chi connectivity index (χ3v) is 5.86. The fourth-order valence-corrected chi connectivity index (χ4v) is 4.79. The number of ketones is 2. The smallest absolute Gasteiger partial charge is 0.225 e. The Labute approximate surface area is 138 Å². The zero-order valence-electron chi connectivity index (χ0n) is 15.0. The zero-order chi connectivity index (χ0) is 17.2. The van der Waals surface area contributed by atoms with Crippen LogP contribution in [0.25, 0.3) is 0 Å². The third-order valence-electron chi connectivity index (χ3n) is 5.86. The molecule has 0 aliphatic heterocycles. The van der Waals surface area contributed by atoms with Gasteiger partial charge in [0, 0.05) is 22.1 Å². The van der Waals surface area contributed by atoms with E-state index in [2.05, 4.69) is 20.8 Å². The Kier molecular flexibility index (Phi) is 3.48. The SMILES string of the molecule is COC1=C(C(C)C)C(=O)C2=C(C1=O)C1(C)CCCC(C)(C)C1=C2. The van der Waals surface area contributed by atoms with Crippen LogP contribution >= 0.6 is 0 Å². The van der Waals surface area contributed by atoms with Crippen molar-refractivity contribution in [3.8, 4) is 0 Å². The number of carbonyl (C=O) groups excluding carboxylic acids is 2. The predicted molar refractivity (Wildman–Crippen MR) is 89.7 cm³/mol. The molecule has 3 aliphatic carbocycles. The molecule has 0 aromatic heterocycles. The van der Waals surface area contributed by atoms with Crippen LogP contribution in [0.2, 0.25) is 0 Å². The maximum absolute atomic E-state index is 13.1. The number of methoxy groups -OCH3 is 1. The van der Waals surface area contributed by atoms with Crippen LogP contribution in [-0.4, -0.2) is 18.7 Å². The van der Waals surface area contributed by atoms with Crippen molar-refractivity contribution in [1.82, 2.24) is 0 Å². The number of hydrogen-bond donors (Lipinski definition) is 0. The lowest BCUT2D eigenvalue weighted by atomic mass is 9.59. The molecule has 3 aliphatic rings. The summed E-state index contributed by atoms with van der Waals surface area (Å²) in [6.45, 7) is 10.4. The van der Waals surface area contributed by atoms with Crippen molar-refractivity contribution in [3.63, 3.8) is 0 Å². The average Bonchev–Trinajstić information content (AvgIpc) is 2.77. The molecule has 0 aromatic rings. The molecule has 3 nitrogen and oxygen atoms in total. The summed E-state index contributed by atoms with van der Waals surface area (Å²) < 4.78 is 5.38. The molecule has 1 atom stereocenters. The summed E-state index contributed by atoms with van der Waals surface area (Å²) in [6.07, 6.45) is 5.11. The Morgan fingerprint density at radius 2 is 1.74 bits per heavy atom. The summed E-state index contributed by atoms with van der Waals surface area (Å²) >= 11 is 0. The summed E-state index contributed by atoms with van der Waals surface area (Å²) in [5.74, 6) is 0.114. The van der Waals surface area contributed by atoms with Gasteiger partial charge < -0.3 is 4.74 Å². The Hall–Kier alpha value is -1.64. The van der Waals surface area contributed by atoms with Crippen molar-refractivity contribution >= 4 is 11.6 Å². The lowest BCUT2D eigenvalue weighted by molar-refractivity contribution is -0.119. The van der Waals surface area contributed by atoms with Crippen LogP contribution in [0.1, 0.15) is 53.9 Å². The van der Waals surface area contributed by atoms with Gasteiger partial charge in [0.2, 0.25) is 5.78 Å². The summed E-state index contributed by atoms with van der Waals surface area (Å²) in [4.78, 5) is 26.2. The first-order valence-corrected chi connectivity index (χ1v) is 8.50. The van der Waals surface area contributed by atoms with Gasteiger partial charge in [-0.2, -0.15) is 0 Å². The normalized spacial score (nSPS) is 29.8. The highest BCUT2D eigenvalue weighted by Crippen LogP contribution is 2.60. The molecule has 0 N–H and O–H groups in total. The Bertz CT molecular complexity index is 700. The molecule has 0 aromatic carbocycles. The van der Waals surface area contributed by atoms with Crippen molar-refractivity contribution < 1.29 is 14.3 Å². The molecule has 0 radical (unpaired) electrons. The number of carbonyl (C=O) groups is 2. The number of hydrogen-bond acceptors (Lipinski definition) is 3. The van der Waals surface area contributed by atoms with Gasteiger partial charge in [-0.3, -0.25) is 9.59 Å². The fourth-order valence-electron chi connectivity index (χ4n) is 4.79. The summed E-state index contributed by atoms with van der Waals surface area (Å²) in [6, 6.07) is 0. The molecule has 3 heteroatoms. The van der Waals surface area contributed by atoms with E-state index in [1.807, 2.05) is 19.9 Å². The molecule has 1 fully saturated rings. The van der Waals surface area contributed by atoms with E-state index in [-0.39, 0.29) is 34.1 Å². The van der Waals surface area contributed by atoms with Gasteiger partial charge in [-0.1, -0.05) is 46.6 Å². The van der Waals surface area contributed by atoms with Gasteiger partial charge in [0.05, 0.1) is 7.11 Å². The summed E-state index contributed by atoms with van der Waals surface area (Å²) in [5.41, 5.74) is 2.75. The minimum absolute atomic E-state index is 0.0228. The monoisotopic (exact) mass is 314 g/mol. The summed E-state index contributed by atoms with van der Waals surface area (Å²) in [5, 5.41) is 0. The molecule has 1 saturated carbocycles. The largest absolute Gasteiger partial charge is 0.492 e. The van der Waals surface area contributed by atoms with E-state index in [0.717, 1.165) is 19.3 Å². The van der Waals surface area contributed by atoms with E-state index in [1.54, 1.807) is 0 Å². The molecule has 0 bridgehead atoms. The first-order chi connectivity index (χ1) is 10.6. The predicted octanol–water partition coefficient (Wildman–Crippen LogP) is 4.15. The molecular weight excluding hydrogens is 288 g/mol. The second kappa shape index (κ2) is 4.93. The average molecular weight is 314 g/mol. The Morgan fingerprint density at radius 1 is 1.09 bits per heavy atom. The molecule has 23 heavy (non-hydrogen) atoms. The van der Waals surface area contributed by atoms with Crippen LogP contribution in [0, 0.1) is 16.7 Å². The van der Waals surface area contributed by atoms with Crippen LogP contribution in [0.3, 0.4) is 0 Å². The number of allylic oxidation sites excluding steroid dienone is 5. The first kappa shape index (κ1) is 16.2. The minimum atomic E-state index is -0.323. The van der Waals surface area contributed by atoms with E-state index in [1.165, 1.54) is 12.7 Å². The van der Waals surface area contributed by atoms with Gasteiger partial charge in [0.15, 0.2) is 11.5 Å². The van der Waals surface area contributed by atoms with Crippen LogP contribution in [0.4, 0.5) is 0 Å². The van der Waals surface area contributed by atoms with Crippen molar-refractivity contribution in [2.45, 2.75) is 53.9 Å². The van der Waals surface area contributed by atoms with E-state index < -0.39 is 0 Å². The quantitative estimate of drug-likeness (QED) is 0.719. The maximum atomic E-state index is 13.1. The lowest BCUT2D eigenvalue weighted by Crippen LogP contribution is -2.38. The second-order valence-corrected chi connectivity index (χ2v) is 8.18. The van der Waals surface area contributed by atoms with Crippen molar-refractivity contribution in [1.29, 1.82) is 0 Å². The van der Waals surface area contributed by atoms with Crippen molar-refractivity contribution in [3.05, 3.63) is 34.1 Å². The van der Waals surface area contributed by atoms with Crippen LogP contribution in [-0.2, 0) is 14.3 Å². The molecule has 3 rings (SSSR count). The lowest BCUT2D eigenvalue weighted by Gasteiger charge is -2.45. The standard InChI is InChI=1S/C20H26O3/c1-11(2)14-16(21)12-10-13-19(3,4)8-7-9-20(13,5)15(12)17(22)18(14)23-6/h10-11H,7-9H2,1-6H3. The maximum Gasteiger partial charge on any atom is 0.225 e.